The predicted octanol–water partition coefficient (Wildman–Crippen LogP) is 1.69. The minimum Gasteiger partial charge on any atom is -0.481 e. The molecule has 0 radical (unpaired) electrons. The maximum absolute atomic E-state index is 11.8. The van der Waals surface area contributed by atoms with Crippen LogP contribution in [0.15, 0.2) is 28.7 Å². The molecule has 0 aliphatic rings. The van der Waals surface area contributed by atoms with Crippen LogP contribution in [0.5, 0.6) is 0 Å². The maximum atomic E-state index is 11.8. The zero-order valence-electron chi connectivity index (χ0n) is 11.3. The molecule has 0 bridgehead atoms. The van der Waals surface area contributed by atoms with Crippen LogP contribution in [-0.2, 0) is 16.0 Å². The molecule has 1 aromatic carbocycles. The summed E-state index contributed by atoms with van der Waals surface area (Å²) < 4.78 is 1.01. The first-order valence-corrected chi connectivity index (χ1v) is 7.20. The molecule has 110 valence electrons. The van der Waals surface area contributed by atoms with E-state index in [2.05, 4.69) is 21.2 Å². The molecule has 20 heavy (non-hydrogen) atoms. The summed E-state index contributed by atoms with van der Waals surface area (Å²) in [6.07, 6.45) is 0.743. The number of carboxylic acid groups (broad SMARTS) is 1. The molecule has 0 aromatic heterocycles. The number of rotatable bonds is 7. The molecule has 0 aliphatic carbocycles. The number of aliphatic carboxylic acids is 1. The Morgan fingerprint density at radius 1 is 1.35 bits per heavy atom. The van der Waals surface area contributed by atoms with Crippen molar-refractivity contribution >= 4 is 27.8 Å². The lowest BCUT2D eigenvalue weighted by atomic mass is 10.1. The molecule has 1 amide bonds. The number of carbonyl (C=O) groups is 2. The fraction of sp³-hybridized carbons (Fsp3) is 0.429. The van der Waals surface area contributed by atoms with Crippen LogP contribution in [-0.4, -0.2) is 29.1 Å². The van der Waals surface area contributed by atoms with E-state index < -0.39 is 12.0 Å². The van der Waals surface area contributed by atoms with Crippen molar-refractivity contribution in [3.8, 4) is 0 Å². The molecule has 0 spiro atoms. The quantitative estimate of drug-likeness (QED) is 0.702. The number of nitrogens with one attached hydrogen (secondary N) is 1. The van der Waals surface area contributed by atoms with Crippen molar-refractivity contribution in [2.45, 2.75) is 38.3 Å². The number of amides is 1. The number of carbonyl (C=O) groups excluding carboxylic acids is 1. The number of carboxylic acids is 1. The second-order valence-corrected chi connectivity index (χ2v) is 5.69. The zero-order chi connectivity index (χ0) is 15.1. The molecule has 6 heteroatoms. The van der Waals surface area contributed by atoms with Gasteiger partial charge in [0, 0.05) is 16.9 Å². The van der Waals surface area contributed by atoms with Gasteiger partial charge in [-0.1, -0.05) is 28.1 Å². The number of benzene rings is 1. The van der Waals surface area contributed by atoms with Crippen LogP contribution in [0.3, 0.4) is 0 Å². The monoisotopic (exact) mass is 342 g/mol. The fourth-order valence-corrected chi connectivity index (χ4v) is 2.05. The maximum Gasteiger partial charge on any atom is 0.303 e. The van der Waals surface area contributed by atoms with E-state index in [1.807, 2.05) is 31.2 Å². The Hall–Kier alpha value is -1.40. The van der Waals surface area contributed by atoms with E-state index in [-0.39, 0.29) is 24.8 Å². The lowest BCUT2D eigenvalue weighted by Crippen LogP contribution is -2.45. The molecular formula is C14H19BrN2O3. The van der Waals surface area contributed by atoms with Gasteiger partial charge in [0.25, 0.3) is 0 Å². The van der Waals surface area contributed by atoms with Crippen LogP contribution in [0, 0.1) is 0 Å². The molecule has 4 N–H and O–H groups in total. The third-order valence-corrected chi connectivity index (χ3v) is 3.38. The number of nitrogens with two attached hydrogens (primary N) is 1. The molecule has 0 saturated heterocycles. The molecule has 0 fully saturated rings. The summed E-state index contributed by atoms with van der Waals surface area (Å²) in [6.45, 7) is 1.89. The van der Waals surface area contributed by atoms with E-state index in [0.717, 1.165) is 10.0 Å². The Bertz CT molecular complexity index is 462. The smallest absolute Gasteiger partial charge is 0.303 e. The SMILES string of the molecule is CC(Cc1ccc(Br)cc1)NC(=O)C(N)CCC(=O)O. The highest BCUT2D eigenvalue weighted by molar-refractivity contribution is 9.10. The second-order valence-electron chi connectivity index (χ2n) is 4.78. The van der Waals surface area contributed by atoms with Crippen molar-refractivity contribution in [1.82, 2.24) is 5.32 Å². The Morgan fingerprint density at radius 2 is 1.95 bits per heavy atom. The van der Waals surface area contributed by atoms with E-state index in [9.17, 15) is 9.59 Å². The molecule has 2 atom stereocenters. The highest BCUT2D eigenvalue weighted by atomic mass is 79.9. The normalized spacial score (nSPS) is 13.6. The Morgan fingerprint density at radius 3 is 2.50 bits per heavy atom. The van der Waals surface area contributed by atoms with Gasteiger partial charge < -0.3 is 16.2 Å². The second kappa shape index (κ2) is 8.01. The van der Waals surface area contributed by atoms with Gasteiger partial charge in [0.15, 0.2) is 0 Å². The van der Waals surface area contributed by atoms with Gasteiger partial charge in [-0.3, -0.25) is 9.59 Å². The van der Waals surface area contributed by atoms with Gasteiger partial charge in [0.05, 0.1) is 6.04 Å². The molecule has 1 rings (SSSR count). The van der Waals surface area contributed by atoms with Crippen LogP contribution < -0.4 is 11.1 Å². The van der Waals surface area contributed by atoms with E-state index in [0.29, 0.717) is 6.42 Å². The van der Waals surface area contributed by atoms with E-state index >= 15 is 0 Å². The van der Waals surface area contributed by atoms with Gasteiger partial charge >= 0.3 is 5.97 Å². The van der Waals surface area contributed by atoms with Gasteiger partial charge in [-0.25, -0.2) is 0 Å². The molecule has 0 saturated carbocycles. The number of halogens is 1. The third kappa shape index (κ3) is 6.16. The van der Waals surface area contributed by atoms with Crippen molar-refractivity contribution < 1.29 is 14.7 Å². The van der Waals surface area contributed by atoms with E-state index in [4.69, 9.17) is 10.8 Å². The summed E-state index contributed by atoms with van der Waals surface area (Å²) in [5.41, 5.74) is 6.76. The summed E-state index contributed by atoms with van der Waals surface area (Å²) in [5, 5.41) is 11.4. The average molecular weight is 343 g/mol. The summed E-state index contributed by atoms with van der Waals surface area (Å²) >= 11 is 3.37. The highest BCUT2D eigenvalue weighted by Gasteiger charge is 2.16. The summed E-state index contributed by atoms with van der Waals surface area (Å²) in [4.78, 5) is 22.2. The predicted molar refractivity (Wildman–Crippen MR) is 80.3 cm³/mol. The van der Waals surface area contributed by atoms with Crippen LogP contribution in [0.1, 0.15) is 25.3 Å². The lowest BCUT2D eigenvalue weighted by molar-refractivity contribution is -0.137. The Kier molecular flexibility index (Phi) is 6.67. The molecule has 1 aromatic rings. The van der Waals surface area contributed by atoms with Gasteiger partial charge in [-0.2, -0.15) is 0 Å². The standard InChI is InChI=1S/C14H19BrN2O3/c1-9(8-10-2-4-11(15)5-3-10)17-14(20)12(16)6-7-13(18)19/h2-5,9,12H,6-8,16H2,1H3,(H,17,20)(H,18,19). The van der Waals surface area contributed by atoms with Gasteiger partial charge in [0.2, 0.25) is 5.91 Å². The van der Waals surface area contributed by atoms with Gasteiger partial charge in [-0.15, -0.1) is 0 Å². The first-order valence-electron chi connectivity index (χ1n) is 6.40. The van der Waals surface area contributed by atoms with Crippen LogP contribution in [0.25, 0.3) is 0 Å². The average Bonchev–Trinajstić information content (AvgIpc) is 2.38. The van der Waals surface area contributed by atoms with Crippen molar-refractivity contribution in [3.63, 3.8) is 0 Å². The minimum atomic E-state index is -0.948. The Balaban J connectivity index is 2.41. The van der Waals surface area contributed by atoms with Crippen molar-refractivity contribution in [2.75, 3.05) is 0 Å². The van der Waals surface area contributed by atoms with Crippen molar-refractivity contribution in [3.05, 3.63) is 34.3 Å². The van der Waals surface area contributed by atoms with Crippen LogP contribution in [0.4, 0.5) is 0 Å². The van der Waals surface area contributed by atoms with E-state index in [1.54, 1.807) is 0 Å². The fourth-order valence-electron chi connectivity index (χ4n) is 1.79. The molecule has 2 unspecified atom stereocenters. The topological polar surface area (TPSA) is 92.4 Å². The summed E-state index contributed by atoms with van der Waals surface area (Å²) in [7, 11) is 0. The molecule has 5 nitrogen and oxygen atoms in total. The first kappa shape index (κ1) is 16.7. The molecule has 0 aliphatic heterocycles. The highest BCUT2D eigenvalue weighted by Crippen LogP contribution is 2.12. The zero-order valence-corrected chi connectivity index (χ0v) is 12.9. The minimum absolute atomic E-state index is 0.0560. The molecular weight excluding hydrogens is 324 g/mol. The largest absolute Gasteiger partial charge is 0.481 e. The van der Waals surface area contributed by atoms with Crippen LogP contribution in [0.2, 0.25) is 0 Å². The van der Waals surface area contributed by atoms with Gasteiger partial charge in [0.1, 0.15) is 0 Å². The lowest BCUT2D eigenvalue weighted by Gasteiger charge is -2.17. The Labute approximate surface area is 126 Å². The molecule has 0 heterocycles. The first-order chi connectivity index (χ1) is 9.38. The summed E-state index contributed by atoms with van der Waals surface area (Å²) in [5.74, 6) is -1.26. The van der Waals surface area contributed by atoms with E-state index in [1.165, 1.54) is 0 Å². The van der Waals surface area contributed by atoms with Crippen molar-refractivity contribution in [2.24, 2.45) is 5.73 Å². The summed E-state index contributed by atoms with van der Waals surface area (Å²) in [6, 6.07) is 7.03. The number of hydrogen-bond acceptors (Lipinski definition) is 3. The van der Waals surface area contributed by atoms with Gasteiger partial charge in [-0.05, 0) is 37.5 Å². The van der Waals surface area contributed by atoms with Crippen LogP contribution >= 0.6 is 15.9 Å². The number of hydrogen-bond donors (Lipinski definition) is 3. The third-order valence-electron chi connectivity index (χ3n) is 2.85. The van der Waals surface area contributed by atoms with Crippen molar-refractivity contribution in [1.29, 1.82) is 0 Å².